The van der Waals surface area contributed by atoms with Gasteiger partial charge in [0, 0.05) is 16.0 Å². The number of amides is 1. The van der Waals surface area contributed by atoms with Gasteiger partial charge in [-0.15, -0.1) is 6.58 Å². The SMILES string of the molecule is C=CCC1(C)CC(c2cccc(Cl)c2)[C@@H](c2ccc(Cl)cc2)N([C@@H](C2CC2)[C@H](C)O)C1=O. The third kappa shape index (κ3) is 4.48. The van der Waals surface area contributed by atoms with Gasteiger partial charge in [0.25, 0.3) is 0 Å². The summed E-state index contributed by atoms with van der Waals surface area (Å²) in [6, 6.07) is 15.3. The molecule has 3 nitrogen and oxygen atoms in total. The maximum Gasteiger partial charge on any atom is 0.229 e. The number of carbonyl (C=O) groups is 1. The first-order valence-corrected chi connectivity index (χ1v) is 12.1. The van der Waals surface area contributed by atoms with Crippen LogP contribution in [0.1, 0.15) is 62.6 Å². The molecule has 1 saturated heterocycles. The van der Waals surface area contributed by atoms with Crippen LogP contribution >= 0.6 is 23.2 Å². The summed E-state index contributed by atoms with van der Waals surface area (Å²) >= 11 is 12.6. The molecule has 32 heavy (non-hydrogen) atoms. The number of hydrogen-bond acceptors (Lipinski definition) is 2. The van der Waals surface area contributed by atoms with E-state index in [0.717, 1.165) is 24.0 Å². The van der Waals surface area contributed by atoms with Crippen LogP contribution in [0.5, 0.6) is 0 Å². The zero-order valence-corrected chi connectivity index (χ0v) is 20.2. The number of benzene rings is 2. The maximum atomic E-state index is 14.1. The summed E-state index contributed by atoms with van der Waals surface area (Å²) in [5.41, 5.74) is 1.53. The minimum absolute atomic E-state index is 0.0255. The summed E-state index contributed by atoms with van der Waals surface area (Å²) in [7, 11) is 0. The molecule has 1 amide bonds. The molecule has 2 fully saturated rings. The van der Waals surface area contributed by atoms with Gasteiger partial charge in [-0.25, -0.2) is 0 Å². The van der Waals surface area contributed by atoms with Crippen molar-refractivity contribution in [1.82, 2.24) is 4.90 Å². The lowest BCUT2D eigenvalue weighted by Crippen LogP contribution is -2.58. The van der Waals surface area contributed by atoms with Gasteiger partial charge in [-0.1, -0.05) is 60.5 Å². The van der Waals surface area contributed by atoms with Crippen molar-refractivity contribution in [3.05, 3.63) is 82.4 Å². The molecule has 1 saturated carbocycles. The fourth-order valence-electron chi connectivity index (χ4n) is 5.51. The van der Waals surface area contributed by atoms with Crippen molar-refractivity contribution in [2.24, 2.45) is 11.3 Å². The summed E-state index contributed by atoms with van der Waals surface area (Å²) in [5.74, 6) is 0.436. The quantitative estimate of drug-likeness (QED) is 0.451. The second-order valence-corrected chi connectivity index (χ2v) is 10.6. The van der Waals surface area contributed by atoms with E-state index in [9.17, 15) is 9.90 Å². The first-order chi connectivity index (χ1) is 15.2. The molecule has 2 aliphatic rings. The van der Waals surface area contributed by atoms with Gasteiger partial charge in [0.15, 0.2) is 0 Å². The number of aliphatic hydroxyl groups is 1. The summed E-state index contributed by atoms with van der Waals surface area (Å²) in [4.78, 5) is 16.1. The van der Waals surface area contributed by atoms with Crippen LogP contribution in [0.2, 0.25) is 10.0 Å². The maximum absolute atomic E-state index is 14.1. The molecule has 2 unspecified atom stereocenters. The van der Waals surface area contributed by atoms with Crippen molar-refractivity contribution < 1.29 is 9.90 Å². The van der Waals surface area contributed by atoms with Crippen LogP contribution in [0, 0.1) is 11.3 Å². The largest absolute Gasteiger partial charge is 0.391 e. The predicted octanol–water partition coefficient (Wildman–Crippen LogP) is 6.79. The van der Waals surface area contributed by atoms with Crippen molar-refractivity contribution in [2.45, 2.75) is 63.6 Å². The minimum Gasteiger partial charge on any atom is -0.391 e. The van der Waals surface area contributed by atoms with Crippen molar-refractivity contribution >= 4 is 29.1 Å². The Morgan fingerprint density at radius 2 is 1.84 bits per heavy atom. The molecule has 0 spiro atoms. The summed E-state index contributed by atoms with van der Waals surface area (Å²) in [6.45, 7) is 7.77. The highest BCUT2D eigenvalue weighted by Crippen LogP contribution is 2.54. The number of likely N-dealkylation sites (tertiary alicyclic amines) is 1. The van der Waals surface area contributed by atoms with Crippen LogP contribution in [0.4, 0.5) is 0 Å². The number of piperidine rings is 1. The lowest BCUT2D eigenvalue weighted by Gasteiger charge is -2.53. The zero-order valence-electron chi connectivity index (χ0n) is 18.7. The number of aliphatic hydroxyl groups excluding tert-OH is 1. The van der Waals surface area contributed by atoms with Crippen molar-refractivity contribution in [3.63, 3.8) is 0 Å². The van der Waals surface area contributed by atoms with E-state index in [1.165, 1.54) is 0 Å². The van der Waals surface area contributed by atoms with Gasteiger partial charge in [0.2, 0.25) is 5.91 Å². The fraction of sp³-hybridized carbons (Fsp3) is 0.444. The Morgan fingerprint density at radius 1 is 1.16 bits per heavy atom. The van der Waals surface area contributed by atoms with Gasteiger partial charge in [-0.3, -0.25) is 4.79 Å². The molecule has 1 aliphatic carbocycles. The molecule has 1 aliphatic heterocycles. The zero-order chi connectivity index (χ0) is 23.0. The van der Waals surface area contributed by atoms with E-state index < -0.39 is 11.5 Å². The Bertz CT molecular complexity index is 983. The van der Waals surface area contributed by atoms with Crippen molar-refractivity contribution in [1.29, 1.82) is 0 Å². The molecule has 0 aromatic heterocycles. The van der Waals surface area contributed by atoms with E-state index >= 15 is 0 Å². The molecule has 1 heterocycles. The Balaban J connectivity index is 1.91. The van der Waals surface area contributed by atoms with Crippen molar-refractivity contribution in [2.75, 3.05) is 0 Å². The Morgan fingerprint density at radius 3 is 2.41 bits per heavy atom. The van der Waals surface area contributed by atoms with Crippen LogP contribution in [-0.4, -0.2) is 28.1 Å². The van der Waals surface area contributed by atoms with Gasteiger partial charge >= 0.3 is 0 Å². The third-order valence-electron chi connectivity index (χ3n) is 7.11. The van der Waals surface area contributed by atoms with Gasteiger partial charge in [0.05, 0.1) is 23.6 Å². The molecule has 2 aromatic rings. The summed E-state index contributed by atoms with van der Waals surface area (Å²) in [6.07, 6.45) is 4.55. The monoisotopic (exact) mass is 471 g/mol. The number of carbonyl (C=O) groups excluding carboxylic acids is 1. The molecule has 170 valence electrons. The average Bonchev–Trinajstić information content (AvgIpc) is 3.57. The molecular weight excluding hydrogens is 441 g/mol. The highest BCUT2D eigenvalue weighted by atomic mass is 35.5. The first kappa shape index (κ1) is 23.4. The first-order valence-electron chi connectivity index (χ1n) is 11.4. The van der Waals surface area contributed by atoms with Crippen LogP contribution in [0.3, 0.4) is 0 Å². The number of allylic oxidation sites excluding steroid dienone is 1. The smallest absolute Gasteiger partial charge is 0.229 e. The van der Waals surface area contributed by atoms with Crippen LogP contribution < -0.4 is 0 Å². The number of rotatable bonds is 7. The molecular formula is C27H31Cl2NO2. The van der Waals surface area contributed by atoms with E-state index in [-0.39, 0.29) is 23.9 Å². The minimum atomic E-state index is -0.618. The molecule has 2 aromatic carbocycles. The lowest BCUT2D eigenvalue weighted by molar-refractivity contribution is -0.159. The number of halogens is 2. The second-order valence-electron chi connectivity index (χ2n) is 9.70. The summed E-state index contributed by atoms with van der Waals surface area (Å²) in [5, 5.41) is 12.2. The number of hydrogen-bond donors (Lipinski definition) is 1. The van der Waals surface area contributed by atoms with Gasteiger partial charge in [0.1, 0.15) is 0 Å². The second kappa shape index (κ2) is 9.21. The lowest BCUT2D eigenvalue weighted by atomic mass is 9.66. The third-order valence-corrected chi connectivity index (χ3v) is 7.59. The van der Waals surface area contributed by atoms with Crippen LogP contribution in [-0.2, 0) is 4.79 Å². The topological polar surface area (TPSA) is 40.5 Å². The van der Waals surface area contributed by atoms with E-state index in [1.54, 1.807) is 0 Å². The van der Waals surface area contributed by atoms with Gasteiger partial charge < -0.3 is 10.0 Å². The van der Waals surface area contributed by atoms with Gasteiger partial charge in [-0.05, 0) is 73.9 Å². The van der Waals surface area contributed by atoms with E-state index in [0.29, 0.717) is 28.8 Å². The molecule has 5 atom stereocenters. The van der Waals surface area contributed by atoms with Crippen molar-refractivity contribution in [3.8, 4) is 0 Å². The van der Waals surface area contributed by atoms with E-state index in [2.05, 4.69) is 12.6 Å². The predicted molar refractivity (Wildman–Crippen MR) is 131 cm³/mol. The Labute approximate surface area is 201 Å². The number of nitrogens with zero attached hydrogens (tertiary/aromatic N) is 1. The molecule has 0 bridgehead atoms. The summed E-state index contributed by atoms with van der Waals surface area (Å²) < 4.78 is 0. The van der Waals surface area contributed by atoms with Crippen LogP contribution in [0.25, 0.3) is 0 Å². The molecule has 1 N–H and O–H groups in total. The molecule has 5 heteroatoms. The Kier molecular flexibility index (Phi) is 6.72. The Hall–Kier alpha value is -1.81. The van der Waals surface area contributed by atoms with Gasteiger partial charge in [-0.2, -0.15) is 0 Å². The fourth-order valence-corrected chi connectivity index (χ4v) is 5.83. The average molecular weight is 472 g/mol. The van der Waals surface area contributed by atoms with Crippen LogP contribution in [0.15, 0.2) is 61.2 Å². The van der Waals surface area contributed by atoms with E-state index in [4.69, 9.17) is 23.2 Å². The molecule has 0 radical (unpaired) electrons. The normalized spacial score (nSPS) is 27.8. The highest BCUT2D eigenvalue weighted by Gasteiger charge is 2.54. The highest BCUT2D eigenvalue weighted by molar-refractivity contribution is 6.30. The molecule has 4 rings (SSSR count). The van der Waals surface area contributed by atoms with E-state index in [1.807, 2.05) is 67.3 Å². The standard InChI is InChI=1S/C27H31Cl2NO2/c1-4-14-27(3)16-23(20-6-5-7-22(29)15-20)25(19-10-12-21(28)13-11-19)30(26(27)32)24(17(2)31)18-8-9-18/h4-7,10-13,15,17-18,23-25,31H,1,8-9,14,16H2,2-3H3/t17-,23?,24+,25+,27?/m0/s1.